The molecule has 0 saturated carbocycles. The van der Waals surface area contributed by atoms with E-state index in [1.807, 2.05) is 23.1 Å². The van der Waals surface area contributed by atoms with Gasteiger partial charge in [-0.3, -0.25) is 0 Å². The number of pyridine rings is 1. The van der Waals surface area contributed by atoms with Crippen LogP contribution in [0.1, 0.15) is 0 Å². The van der Waals surface area contributed by atoms with Crippen molar-refractivity contribution in [3.05, 3.63) is 48.4 Å². The van der Waals surface area contributed by atoms with Gasteiger partial charge in [0, 0.05) is 38.1 Å². The number of benzene rings is 1. The van der Waals surface area contributed by atoms with Crippen LogP contribution in [0.15, 0.2) is 42.6 Å². The molecule has 1 aromatic carbocycles. The lowest BCUT2D eigenvalue weighted by Crippen LogP contribution is -2.47. The van der Waals surface area contributed by atoms with Crippen molar-refractivity contribution in [1.82, 2.24) is 4.98 Å². The number of aromatic nitrogens is 1. The monoisotopic (exact) mass is 272 g/mol. The van der Waals surface area contributed by atoms with Crippen molar-refractivity contribution in [3.8, 4) is 0 Å². The van der Waals surface area contributed by atoms with E-state index in [-0.39, 0.29) is 5.82 Å². The Morgan fingerprint density at radius 1 is 1.00 bits per heavy atom. The van der Waals surface area contributed by atoms with Gasteiger partial charge in [0.1, 0.15) is 11.6 Å². The van der Waals surface area contributed by atoms with Crippen LogP contribution in [0.4, 0.5) is 21.6 Å². The van der Waals surface area contributed by atoms with Crippen molar-refractivity contribution in [2.45, 2.75) is 0 Å². The SMILES string of the molecule is Nc1ccc(N2CCN(c3ccccn3)CC2)c(F)c1. The number of nitrogens with zero attached hydrogens (tertiary/aromatic N) is 3. The fourth-order valence-corrected chi connectivity index (χ4v) is 2.50. The fourth-order valence-electron chi connectivity index (χ4n) is 2.50. The lowest BCUT2D eigenvalue weighted by atomic mass is 10.2. The van der Waals surface area contributed by atoms with Gasteiger partial charge in [-0.15, -0.1) is 0 Å². The Bertz CT molecular complexity index is 580. The molecule has 0 amide bonds. The van der Waals surface area contributed by atoms with Crippen molar-refractivity contribution < 1.29 is 4.39 Å². The van der Waals surface area contributed by atoms with E-state index < -0.39 is 0 Å². The molecule has 2 heterocycles. The summed E-state index contributed by atoms with van der Waals surface area (Å²) in [4.78, 5) is 8.61. The van der Waals surface area contributed by atoms with Crippen molar-refractivity contribution >= 4 is 17.2 Å². The molecule has 4 nitrogen and oxygen atoms in total. The Balaban J connectivity index is 1.69. The molecule has 1 fully saturated rings. The van der Waals surface area contributed by atoms with Crippen LogP contribution in [-0.4, -0.2) is 31.2 Å². The minimum absolute atomic E-state index is 0.253. The number of nitrogen functional groups attached to an aromatic ring is 1. The van der Waals surface area contributed by atoms with E-state index in [1.54, 1.807) is 18.3 Å². The first-order chi connectivity index (χ1) is 9.74. The second-order valence-corrected chi connectivity index (χ2v) is 4.87. The van der Waals surface area contributed by atoms with E-state index >= 15 is 0 Å². The van der Waals surface area contributed by atoms with Gasteiger partial charge in [-0.1, -0.05) is 6.07 Å². The minimum Gasteiger partial charge on any atom is -0.399 e. The van der Waals surface area contributed by atoms with E-state index in [9.17, 15) is 4.39 Å². The standard InChI is InChI=1S/C15H17FN4/c16-13-11-12(17)4-5-14(13)19-7-9-20(10-8-19)15-3-1-2-6-18-15/h1-6,11H,7-10,17H2. The third kappa shape index (κ3) is 2.52. The quantitative estimate of drug-likeness (QED) is 0.851. The lowest BCUT2D eigenvalue weighted by molar-refractivity contribution is 0.596. The van der Waals surface area contributed by atoms with Gasteiger partial charge in [0.25, 0.3) is 0 Å². The highest BCUT2D eigenvalue weighted by Crippen LogP contribution is 2.23. The highest BCUT2D eigenvalue weighted by atomic mass is 19.1. The Kier molecular flexibility index (Phi) is 3.41. The topological polar surface area (TPSA) is 45.4 Å². The first-order valence-electron chi connectivity index (χ1n) is 6.70. The molecule has 1 aromatic heterocycles. The number of hydrogen-bond donors (Lipinski definition) is 1. The highest BCUT2D eigenvalue weighted by molar-refractivity contribution is 5.55. The predicted molar refractivity (Wildman–Crippen MR) is 79.5 cm³/mol. The summed E-state index contributed by atoms with van der Waals surface area (Å²) in [5.74, 6) is 0.723. The fraction of sp³-hybridized carbons (Fsp3) is 0.267. The summed E-state index contributed by atoms with van der Waals surface area (Å²) >= 11 is 0. The van der Waals surface area contributed by atoms with Crippen LogP contribution in [-0.2, 0) is 0 Å². The molecule has 2 aromatic rings. The van der Waals surface area contributed by atoms with E-state index in [2.05, 4.69) is 9.88 Å². The van der Waals surface area contributed by atoms with Crippen LogP contribution in [0.5, 0.6) is 0 Å². The molecule has 20 heavy (non-hydrogen) atoms. The molecular formula is C15H17FN4. The Hall–Kier alpha value is -2.30. The molecule has 1 saturated heterocycles. The highest BCUT2D eigenvalue weighted by Gasteiger charge is 2.20. The first kappa shape index (κ1) is 12.7. The zero-order chi connectivity index (χ0) is 13.9. The molecule has 5 heteroatoms. The lowest BCUT2D eigenvalue weighted by Gasteiger charge is -2.36. The molecule has 0 radical (unpaired) electrons. The Morgan fingerprint density at radius 3 is 2.40 bits per heavy atom. The molecule has 0 atom stereocenters. The maximum Gasteiger partial charge on any atom is 0.148 e. The van der Waals surface area contributed by atoms with Crippen LogP contribution in [0.3, 0.4) is 0 Å². The first-order valence-corrected chi connectivity index (χ1v) is 6.70. The van der Waals surface area contributed by atoms with Gasteiger partial charge >= 0.3 is 0 Å². The molecule has 0 spiro atoms. The van der Waals surface area contributed by atoms with E-state index in [4.69, 9.17) is 5.73 Å². The average molecular weight is 272 g/mol. The average Bonchev–Trinajstić information content (AvgIpc) is 2.48. The molecule has 0 unspecified atom stereocenters. The maximum absolute atomic E-state index is 13.9. The summed E-state index contributed by atoms with van der Waals surface area (Å²) in [6, 6.07) is 10.8. The predicted octanol–water partition coefficient (Wildman–Crippen LogP) is 2.13. The smallest absolute Gasteiger partial charge is 0.148 e. The number of nitrogens with two attached hydrogens (primary N) is 1. The Morgan fingerprint density at radius 2 is 1.75 bits per heavy atom. The van der Waals surface area contributed by atoms with Gasteiger partial charge in [-0.05, 0) is 30.3 Å². The van der Waals surface area contributed by atoms with E-state index in [0.717, 1.165) is 32.0 Å². The number of piperazine rings is 1. The molecule has 0 bridgehead atoms. The van der Waals surface area contributed by atoms with Crippen molar-refractivity contribution in [3.63, 3.8) is 0 Å². The summed E-state index contributed by atoms with van der Waals surface area (Å²) < 4.78 is 13.9. The molecule has 1 aliphatic heterocycles. The van der Waals surface area contributed by atoms with Gasteiger partial charge in [0.05, 0.1) is 5.69 Å². The number of hydrogen-bond acceptors (Lipinski definition) is 4. The second kappa shape index (κ2) is 5.36. The van der Waals surface area contributed by atoms with Gasteiger partial charge in [-0.2, -0.15) is 0 Å². The summed E-state index contributed by atoms with van der Waals surface area (Å²) in [6.45, 7) is 3.22. The van der Waals surface area contributed by atoms with Crippen LogP contribution in [0, 0.1) is 5.82 Å². The maximum atomic E-state index is 13.9. The second-order valence-electron chi connectivity index (χ2n) is 4.87. The molecule has 3 rings (SSSR count). The zero-order valence-corrected chi connectivity index (χ0v) is 11.2. The number of anilines is 3. The van der Waals surface area contributed by atoms with Gasteiger partial charge in [-0.25, -0.2) is 9.37 Å². The largest absolute Gasteiger partial charge is 0.399 e. The van der Waals surface area contributed by atoms with Crippen LogP contribution in [0.2, 0.25) is 0 Å². The van der Waals surface area contributed by atoms with Crippen molar-refractivity contribution in [1.29, 1.82) is 0 Å². The number of halogens is 1. The Labute approximate surface area is 117 Å². The summed E-state index contributed by atoms with van der Waals surface area (Å²) in [7, 11) is 0. The van der Waals surface area contributed by atoms with Crippen LogP contribution >= 0.6 is 0 Å². The molecular weight excluding hydrogens is 255 g/mol. The molecule has 1 aliphatic rings. The zero-order valence-electron chi connectivity index (χ0n) is 11.2. The minimum atomic E-state index is -0.253. The summed E-state index contributed by atoms with van der Waals surface area (Å²) in [5, 5.41) is 0. The van der Waals surface area contributed by atoms with Gasteiger partial charge < -0.3 is 15.5 Å². The molecule has 2 N–H and O–H groups in total. The third-order valence-electron chi connectivity index (χ3n) is 3.57. The van der Waals surface area contributed by atoms with Gasteiger partial charge in [0.15, 0.2) is 0 Å². The van der Waals surface area contributed by atoms with E-state index in [0.29, 0.717) is 11.4 Å². The normalized spacial score (nSPS) is 15.4. The van der Waals surface area contributed by atoms with Crippen molar-refractivity contribution in [2.24, 2.45) is 0 Å². The number of rotatable bonds is 2. The van der Waals surface area contributed by atoms with Crippen LogP contribution in [0.25, 0.3) is 0 Å². The van der Waals surface area contributed by atoms with Gasteiger partial charge in [0.2, 0.25) is 0 Å². The molecule has 104 valence electrons. The summed E-state index contributed by atoms with van der Waals surface area (Å²) in [6.07, 6.45) is 1.79. The van der Waals surface area contributed by atoms with Crippen LogP contribution < -0.4 is 15.5 Å². The molecule has 0 aliphatic carbocycles. The summed E-state index contributed by atoms with van der Waals surface area (Å²) in [5.41, 5.74) is 6.66. The van der Waals surface area contributed by atoms with E-state index in [1.165, 1.54) is 6.07 Å². The third-order valence-corrected chi connectivity index (χ3v) is 3.57. The van der Waals surface area contributed by atoms with Crippen molar-refractivity contribution in [2.75, 3.05) is 41.7 Å².